The maximum atomic E-state index is 13.4. The predicted molar refractivity (Wildman–Crippen MR) is 111 cm³/mol. The average Bonchev–Trinajstić information content (AvgIpc) is 2.70. The Hall–Kier alpha value is -2.11. The molecule has 0 bridgehead atoms. The fourth-order valence-electron chi connectivity index (χ4n) is 4.14. The molecular weight excluding hydrogens is 377 g/mol. The van der Waals surface area contributed by atoms with E-state index >= 15 is 0 Å². The number of aryl methyl sites for hydroxylation is 1. The van der Waals surface area contributed by atoms with E-state index in [1.165, 1.54) is 35.0 Å². The number of piperazine rings is 1. The van der Waals surface area contributed by atoms with Crippen molar-refractivity contribution in [3.05, 3.63) is 63.9 Å². The van der Waals surface area contributed by atoms with Crippen molar-refractivity contribution >= 4 is 23.2 Å². The van der Waals surface area contributed by atoms with E-state index in [-0.39, 0.29) is 17.0 Å². The van der Waals surface area contributed by atoms with E-state index in [0.29, 0.717) is 5.56 Å². The molecule has 2 aromatic rings. The van der Waals surface area contributed by atoms with Crippen LogP contribution in [0.2, 0.25) is 5.02 Å². The second kappa shape index (κ2) is 8.10. The smallest absolute Gasteiger partial charge is 0.251 e. The van der Waals surface area contributed by atoms with Crippen molar-refractivity contribution < 1.29 is 9.18 Å². The lowest BCUT2D eigenvalue weighted by Gasteiger charge is -2.37. The summed E-state index contributed by atoms with van der Waals surface area (Å²) in [6.45, 7) is 4.18. The number of halogens is 2. The van der Waals surface area contributed by atoms with Crippen LogP contribution in [0.3, 0.4) is 0 Å². The van der Waals surface area contributed by atoms with Gasteiger partial charge in [-0.15, -0.1) is 0 Å². The van der Waals surface area contributed by atoms with Crippen LogP contribution >= 0.6 is 11.6 Å². The summed E-state index contributed by atoms with van der Waals surface area (Å²) in [5.41, 5.74) is 4.42. The molecule has 6 heteroatoms. The van der Waals surface area contributed by atoms with E-state index in [1.54, 1.807) is 0 Å². The van der Waals surface area contributed by atoms with Gasteiger partial charge >= 0.3 is 0 Å². The van der Waals surface area contributed by atoms with Gasteiger partial charge in [-0.05, 0) is 61.7 Å². The van der Waals surface area contributed by atoms with Crippen LogP contribution in [0.5, 0.6) is 0 Å². The first-order valence-corrected chi connectivity index (χ1v) is 10.2. The number of hydrogen-bond acceptors (Lipinski definition) is 3. The number of anilines is 1. The zero-order valence-corrected chi connectivity index (χ0v) is 16.8. The number of carbonyl (C=O) groups is 1. The Morgan fingerprint density at radius 1 is 1.18 bits per heavy atom. The summed E-state index contributed by atoms with van der Waals surface area (Å²) in [5.74, 6) is -0.714. The minimum atomic E-state index is -0.512. The molecule has 4 nitrogen and oxygen atoms in total. The Labute approximate surface area is 170 Å². The van der Waals surface area contributed by atoms with Crippen LogP contribution < -0.4 is 10.2 Å². The third-order valence-corrected chi connectivity index (χ3v) is 6.11. The van der Waals surface area contributed by atoms with Crippen LogP contribution in [0.4, 0.5) is 10.1 Å². The van der Waals surface area contributed by atoms with Crippen molar-refractivity contribution in [3.63, 3.8) is 0 Å². The molecule has 1 saturated heterocycles. The van der Waals surface area contributed by atoms with Gasteiger partial charge in [-0.1, -0.05) is 23.7 Å². The molecule has 1 amide bonds. The van der Waals surface area contributed by atoms with Gasteiger partial charge in [0.25, 0.3) is 5.91 Å². The van der Waals surface area contributed by atoms with Gasteiger partial charge < -0.3 is 15.1 Å². The fraction of sp³-hybridized carbons (Fsp3) is 0.409. The highest BCUT2D eigenvalue weighted by Gasteiger charge is 2.25. The monoisotopic (exact) mass is 401 g/mol. The first-order chi connectivity index (χ1) is 13.5. The van der Waals surface area contributed by atoms with Gasteiger partial charge in [0.2, 0.25) is 0 Å². The van der Waals surface area contributed by atoms with E-state index < -0.39 is 5.82 Å². The molecule has 1 heterocycles. The van der Waals surface area contributed by atoms with E-state index in [9.17, 15) is 9.18 Å². The van der Waals surface area contributed by atoms with Gasteiger partial charge in [0, 0.05) is 43.5 Å². The third kappa shape index (κ3) is 4.01. The SMILES string of the molecule is CN1CCN(c2cccc3c2CC(NC(=O)c2ccc(F)c(Cl)c2)CC3)CC1. The largest absolute Gasteiger partial charge is 0.369 e. The fourth-order valence-corrected chi connectivity index (χ4v) is 4.32. The minimum absolute atomic E-state index is 0.0287. The third-order valence-electron chi connectivity index (χ3n) is 5.82. The summed E-state index contributed by atoms with van der Waals surface area (Å²) in [6.07, 6.45) is 2.67. The van der Waals surface area contributed by atoms with E-state index in [2.05, 4.69) is 40.4 Å². The van der Waals surface area contributed by atoms with Crippen molar-refractivity contribution in [1.82, 2.24) is 10.2 Å². The van der Waals surface area contributed by atoms with Crippen molar-refractivity contribution in [1.29, 1.82) is 0 Å². The van der Waals surface area contributed by atoms with E-state index in [1.807, 2.05) is 0 Å². The minimum Gasteiger partial charge on any atom is -0.369 e. The Bertz CT molecular complexity index is 880. The number of fused-ring (bicyclic) bond motifs is 1. The van der Waals surface area contributed by atoms with Crippen LogP contribution in [-0.2, 0) is 12.8 Å². The molecule has 0 aromatic heterocycles. The molecular formula is C22H25ClFN3O. The second-order valence-corrected chi connectivity index (χ2v) is 8.15. The highest BCUT2D eigenvalue weighted by atomic mass is 35.5. The molecule has 1 aliphatic heterocycles. The first kappa shape index (κ1) is 19.2. The highest BCUT2D eigenvalue weighted by molar-refractivity contribution is 6.31. The van der Waals surface area contributed by atoms with Gasteiger partial charge in [0.15, 0.2) is 0 Å². The molecule has 1 atom stereocenters. The lowest BCUT2D eigenvalue weighted by Crippen LogP contribution is -2.45. The molecule has 2 aromatic carbocycles. The average molecular weight is 402 g/mol. The van der Waals surface area contributed by atoms with Crippen LogP contribution in [0.25, 0.3) is 0 Å². The first-order valence-electron chi connectivity index (χ1n) is 9.81. The van der Waals surface area contributed by atoms with Gasteiger partial charge in [-0.2, -0.15) is 0 Å². The number of amides is 1. The number of nitrogens with one attached hydrogen (secondary N) is 1. The van der Waals surface area contributed by atoms with Crippen molar-refractivity contribution in [2.24, 2.45) is 0 Å². The number of hydrogen-bond donors (Lipinski definition) is 1. The summed E-state index contributed by atoms with van der Waals surface area (Å²) in [5, 5.41) is 3.08. The van der Waals surface area contributed by atoms with Gasteiger partial charge in [0.05, 0.1) is 5.02 Å². The zero-order valence-electron chi connectivity index (χ0n) is 16.0. The molecule has 148 valence electrons. The molecule has 1 N–H and O–H groups in total. The summed E-state index contributed by atoms with van der Waals surface area (Å²) in [4.78, 5) is 17.4. The second-order valence-electron chi connectivity index (χ2n) is 7.75. The topological polar surface area (TPSA) is 35.6 Å². The maximum absolute atomic E-state index is 13.4. The molecule has 28 heavy (non-hydrogen) atoms. The van der Waals surface area contributed by atoms with Crippen molar-refractivity contribution in [3.8, 4) is 0 Å². The molecule has 4 rings (SSSR count). The van der Waals surface area contributed by atoms with Crippen LogP contribution in [0.1, 0.15) is 27.9 Å². The summed E-state index contributed by atoms with van der Waals surface area (Å²) < 4.78 is 13.4. The quantitative estimate of drug-likeness (QED) is 0.854. The number of benzene rings is 2. The predicted octanol–water partition coefficient (Wildman–Crippen LogP) is 3.52. The maximum Gasteiger partial charge on any atom is 0.251 e. The van der Waals surface area contributed by atoms with Gasteiger partial charge in [-0.3, -0.25) is 4.79 Å². The van der Waals surface area contributed by atoms with Crippen LogP contribution in [0.15, 0.2) is 36.4 Å². The number of carbonyl (C=O) groups excluding carboxylic acids is 1. The lowest BCUT2D eigenvalue weighted by atomic mass is 9.86. The highest BCUT2D eigenvalue weighted by Crippen LogP contribution is 2.31. The van der Waals surface area contributed by atoms with Crippen molar-refractivity contribution in [2.75, 3.05) is 38.1 Å². The molecule has 0 spiro atoms. The normalized spacial score (nSPS) is 20.0. The Kier molecular flexibility index (Phi) is 5.56. The van der Waals surface area contributed by atoms with Crippen LogP contribution in [-0.4, -0.2) is 50.1 Å². The van der Waals surface area contributed by atoms with Crippen molar-refractivity contribution in [2.45, 2.75) is 25.3 Å². The lowest BCUT2D eigenvalue weighted by molar-refractivity contribution is 0.0933. The Morgan fingerprint density at radius 2 is 1.96 bits per heavy atom. The number of likely N-dealkylation sites (N-methyl/N-ethyl adjacent to an activating group) is 1. The molecule has 1 fully saturated rings. The standard InChI is InChI=1S/C22H25ClFN3O/c1-26-9-11-27(12-10-26)21-4-2-3-15-5-7-17(14-18(15)21)25-22(28)16-6-8-20(24)19(23)13-16/h2-4,6,8,13,17H,5,7,9-12,14H2,1H3,(H,25,28). The van der Waals surface area contributed by atoms with Gasteiger partial charge in [-0.25, -0.2) is 4.39 Å². The molecule has 0 radical (unpaired) electrons. The molecule has 2 aliphatic rings. The molecule has 0 saturated carbocycles. The number of nitrogens with zero attached hydrogens (tertiary/aromatic N) is 2. The summed E-state index contributed by atoms with van der Waals surface area (Å²) in [7, 11) is 2.16. The summed E-state index contributed by atoms with van der Waals surface area (Å²) in [6, 6.07) is 10.7. The Morgan fingerprint density at radius 3 is 2.71 bits per heavy atom. The van der Waals surface area contributed by atoms with Gasteiger partial charge in [0.1, 0.15) is 5.82 Å². The Balaban J connectivity index is 1.49. The number of rotatable bonds is 3. The van der Waals surface area contributed by atoms with E-state index in [0.717, 1.165) is 45.4 Å². The van der Waals surface area contributed by atoms with Crippen LogP contribution in [0, 0.1) is 5.82 Å². The molecule has 1 unspecified atom stereocenters. The van der Waals surface area contributed by atoms with E-state index in [4.69, 9.17) is 11.6 Å². The zero-order chi connectivity index (χ0) is 19.7. The molecule has 1 aliphatic carbocycles. The summed E-state index contributed by atoms with van der Waals surface area (Å²) >= 11 is 5.82.